The van der Waals surface area contributed by atoms with Crippen LogP contribution >= 0.6 is 11.6 Å². The Balaban J connectivity index is 1.60. The molecule has 3 aromatic rings. The van der Waals surface area contributed by atoms with Gasteiger partial charge in [0.1, 0.15) is 12.6 Å². The number of hydrogen-bond acceptors (Lipinski definition) is 5. The molecule has 0 spiro atoms. The second-order valence-electron chi connectivity index (χ2n) is 9.89. The maximum Gasteiger partial charge on any atom is 0.416 e. The van der Waals surface area contributed by atoms with Crippen molar-refractivity contribution >= 4 is 23.4 Å². The predicted molar refractivity (Wildman–Crippen MR) is 136 cm³/mol. The van der Waals surface area contributed by atoms with Gasteiger partial charge in [0.25, 0.3) is 5.91 Å². The minimum Gasteiger partial charge on any atom is -0.337 e. The second-order valence-corrected chi connectivity index (χ2v) is 10.3. The van der Waals surface area contributed by atoms with Crippen LogP contribution in [0, 0.1) is 0 Å². The van der Waals surface area contributed by atoms with Crippen LogP contribution in [0.5, 0.6) is 0 Å². The van der Waals surface area contributed by atoms with E-state index in [9.17, 15) is 35.9 Å². The normalized spacial score (nSPS) is 16.2. The van der Waals surface area contributed by atoms with Gasteiger partial charge in [0.15, 0.2) is 0 Å². The van der Waals surface area contributed by atoms with Gasteiger partial charge < -0.3 is 14.3 Å². The number of amides is 2. The molecular formula is C27H25ClF6N4O3. The Bertz CT molecular complexity index is 1390. The third-order valence-corrected chi connectivity index (χ3v) is 6.89. The van der Waals surface area contributed by atoms with Gasteiger partial charge in [-0.2, -0.15) is 31.3 Å². The standard InChI is InChI=1S/C27H25ClF6N4O3/c1-15(2)38(25(40)17-10-18(26(29,30)31)13-19(11-17)27(32,33)34)14-22(39)37-9-4-3-8-21(37)24-35-23(36-41-24)16-6-5-7-20(28)12-16/h5-7,10-13,15,21H,3-4,8-9,14H2,1-2H3. The average molecular weight is 603 g/mol. The van der Waals surface area contributed by atoms with Gasteiger partial charge in [-0.05, 0) is 63.4 Å². The van der Waals surface area contributed by atoms with E-state index >= 15 is 0 Å². The van der Waals surface area contributed by atoms with E-state index in [2.05, 4.69) is 10.1 Å². The number of carbonyl (C=O) groups excluding carboxylic acids is 2. The fraction of sp³-hybridized carbons (Fsp3) is 0.407. The van der Waals surface area contributed by atoms with E-state index in [4.69, 9.17) is 16.1 Å². The zero-order valence-electron chi connectivity index (χ0n) is 21.9. The molecule has 220 valence electrons. The van der Waals surface area contributed by atoms with Crippen LogP contribution in [-0.4, -0.2) is 50.9 Å². The Morgan fingerprint density at radius 1 is 1.05 bits per heavy atom. The van der Waals surface area contributed by atoms with E-state index in [1.165, 1.54) is 18.7 Å². The third-order valence-electron chi connectivity index (χ3n) is 6.66. The van der Waals surface area contributed by atoms with Crippen molar-refractivity contribution in [1.82, 2.24) is 19.9 Å². The molecule has 7 nitrogen and oxygen atoms in total. The Hall–Kier alpha value is -3.61. The monoisotopic (exact) mass is 602 g/mol. The van der Waals surface area contributed by atoms with Gasteiger partial charge in [-0.1, -0.05) is 28.9 Å². The highest BCUT2D eigenvalue weighted by Gasteiger charge is 2.39. The lowest BCUT2D eigenvalue weighted by Gasteiger charge is -2.36. The highest BCUT2D eigenvalue weighted by atomic mass is 35.5. The molecule has 41 heavy (non-hydrogen) atoms. The van der Waals surface area contributed by atoms with Crippen LogP contribution in [0.1, 0.15) is 66.5 Å². The summed E-state index contributed by atoms with van der Waals surface area (Å²) in [5.74, 6) is -1.30. The quantitative estimate of drug-likeness (QED) is 0.283. The Morgan fingerprint density at radius 2 is 1.71 bits per heavy atom. The number of piperidine rings is 1. The molecule has 2 aromatic carbocycles. The van der Waals surface area contributed by atoms with Gasteiger partial charge in [0.2, 0.25) is 17.6 Å². The van der Waals surface area contributed by atoms with Crippen LogP contribution in [0.4, 0.5) is 26.3 Å². The molecule has 0 saturated carbocycles. The zero-order valence-corrected chi connectivity index (χ0v) is 22.6. The summed E-state index contributed by atoms with van der Waals surface area (Å²) in [7, 11) is 0. The van der Waals surface area contributed by atoms with Crippen molar-refractivity contribution in [3.63, 3.8) is 0 Å². The summed E-state index contributed by atoms with van der Waals surface area (Å²) in [4.78, 5) is 33.5. The van der Waals surface area contributed by atoms with Crippen LogP contribution in [0.25, 0.3) is 11.4 Å². The number of alkyl halides is 6. The molecule has 0 aliphatic carbocycles. The number of rotatable bonds is 6. The number of halogens is 7. The number of carbonyl (C=O) groups is 2. The molecule has 14 heteroatoms. The maximum atomic E-state index is 13.5. The van der Waals surface area contributed by atoms with E-state index in [1.807, 2.05) is 0 Å². The van der Waals surface area contributed by atoms with Crippen LogP contribution in [-0.2, 0) is 17.1 Å². The first kappa shape index (κ1) is 30.4. The number of likely N-dealkylation sites (tertiary alicyclic amines) is 1. The molecule has 0 N–H and O–H groups in total. The van der Waals surface area contributed by atoms with Gasteiger partial charge in [-0.25, -0.2) is 0 Å². The van der Waals surface area contributed by atoms with Crippen LogP contribution in [0.2, 0.25) is 5.02 Å². The molecule has 1 aliphatic rings. The predicted octanol–water partition coefficient (Wildman–Crippen LogP) is 7.03. The number of aromatic nitrogens is 2. The van der Waals surface area contributed by atoms with Crippen molar-refractivity contribution in [3.8, 4) is 11.4 Å². The maximum absolute atomic E-state index is 13.5. The van der Waals surface area contributed by atoms with Crippen molar-refractivity contribution in [2.24, 2.45) is 0 Å². The van der Waals surface area contributed by atoms with Crippen LogP contribution in [0.15, 0.2) is 47.0 Å². The van der Waals surface area contributed by atoms with Crippen molar-refractivity contribution in [3.05, 3.63) is 70.1 Å². The van der Waals surface area contributed by atoms with Gasteiger partial charge in [0.05, 0.1) is 11.1 Å². The fourth-order valence-corrected chi connectivity index (χ4v) is 4.76. The van der Waals surface area contributed by atoms with Crippen LogP contribution < -0.4 is 0 Å². The SMILES string of the molecule is CC(C)N(CC(=O)N1CCCCC1c1nc(-c2cccc(Cl)c2)no1)C(=O)c1cc(C(F)(F)F)cc(C(F)(F)F)c1. The van der Waals surface area contributed by atoms with Gasteiger partial charge >= 0.3 is 12.4 Å². The topological polar surface area (TPSA) is 79.5 Å². The summed E-state index contributed by atoms with van der Waals surface area (Å²) in [6.45, 7) is 2.71. The summed E-state index contributed by atoms with van der Waals surface area (Å²) in [5.41, 5.74) is -3.47. The molecule has 1 atom stereocenters. The van der Waals surface area contributed by atoms with Gasteiger partial charge in [-0.3, -0.25) is 9.59 Å². The van der Waals surface area contributed by atoms with Crippen molar-refractivity contribution in [1.29, 1.82) is 0 Å². The van der Waals surface area contributed by atoms with E-state index in [1.54, 1.807) is 24.3 Å². The molecule has 1 aliphatic heterocycles. The molecule has 1 fully saturated rings. The smallest absolute Gasteiger partial charge is 0.337 e. The number of benzene rings is 2. The second kappa shape index (κ2) is 11.7. The summed E-state index contributed by atoms with van der Waals surface area (Å²) in [5, 5.41) is 4.44. The molecular weight excluding hydrogens is 578 g/mol. The minimum absolute atomic E-state index is 0.0535. The largest absolute Gasteiger partial charge is 0.416 e. The molecule has 1 saturated heterocycles. The van der Waals surface area contributed by atoms with E-state index in [0.717, 1.165) is 11.3 Å². The van der Waals surface area contributed by atoms with Crippen molar-refractivity contribution in [2.75, 3.05) is 13.1 Å². The zero-order chi connectivity index (χ0) is 30.1. The molecule has 1 aromatic heterocycles. The van der Waals surface area contributed by atoms with Crippen molar-refractivity contribution < 1.29 is 40.5 Å². The fourth-order valence-electron chi connectivity index (χ4n) is 4.57. The highest BCUT2D eigenvalue weighted by Crippen LogP contribution is 2.37. The molecule has 0 radical (unpaired) electrons. The van der Waals surface area contributed by atoms with Crippen LogP contribution in [0.3, 0.4) is 0 Å². The lowest BCUT2D eigenvalue weighted by Crippen LogP contribution is -2.48. The highest BCUT2D eigenvalue weighted by molar-refractivity contribution is 6.30. The average Bonchev–Trinajstić information content (AvgIpc) is 3.40. The molecule has 0 bridgehead atoms. The van der Waals surface area contributed by atoms with E-state index in [-0.39, 0.29) is 24.3 Å². The Labute approximate surface area is 236 Å². The summed E-state index contributed by atoms with van der Waals surface area (Å²) < 4.78 is 85.6. The lowest BCUT2D eigenvalue weighted by molar-refractivity contribution is -0.143. The molecule has 2 heterocycles. The Morgan fingerprint density at radius 3 is 2.29 bits per heavy atom. The number of nitrogens with zero attached hydrogens (tertiary/aromatic N) is 4. The lowest BCUT2D eigenvalue weighted by atomic mass is 10.0. The minimum atomic E-state index is -5.12. The molecule has 1 unspecified atom stereocenters. The summed E-state index contributed by atoms with van der Waals surface area (Å²) in [6, 6.07) is 6.07. The van der Waals surface area contributed by atoms with Crippen molar-refractivity contribution in [2.45, 2.75) is 57.5 Å². The first-order valence-electron chi connectivity index (χ1n) is 12.6. The molecule has 2 amide bonds. The van der Waals surface area contributed by atoms with Gasteiger partial charge in [-0.15, -0.1) is 0 Å². The van der Waals surface area contributed by atoms with E-state index < -0.39 is 59.5 Å². The summed E-state index contributed by atoms with van der Waals surface area (Å²) in [6.07, 6.45) is -8.40. The van der Waals surface area contributed by atoms with E-state index in [0.29, 0.717) is 35.6 Å². The third kappa shape index (κ3) is 7.00. The summed E-state index contributed by atoms with van der Waals surface area (Å²) >= 11 is 6.04. The first-order valence-corrected chi connectivity index (χ1v) is 13.0. The Kier molecular flexibility index (Phi) is 8.67. The number of hydrogen-bond donors (Lipinski definition) is 0. The van der Waals surface area contributed by atoms with Gasteiger partial charge in [0, 0.05) is 28.7 Å². The molecule has 4 rings (SSSR count). The first-order chi connectivity index (χ1) is 19.1.